The molecule has 3 heteroatoms. The van der Waals surface area contributed by atoms with Gasteiger partial charge >= 0.3 is 0 Å². The summed E-state index contributed by atoms with van der Waals surface area (Å²) in [5.74, 6) is 4.28. The van der Waals surface area contributed by atoms with Crippen molar-refractivity contribution >= 4 is 0 Å². The van der Waals surface area contributed by atoms with Crippen molar-refractivity contribution in [2.24, 2.45) is 52.3 Å². The van der Waals surface area contributed by atoms with Crippen molar-refractivity contribution in [1.82, 2.24) is 0 Å². The average molecular weight is 421 g/mol. The maximum atomic E-state index is 11.4. The fraction of sp³-hybridized carbons (Fsp3) is 1.00. The second kappa shape index (κ2) is 8.67. The molecule has 4 rings (SSSR count). The summed E-state index contributed by atoms with van der Waals surface area (Å²) in [6.45, 7) is 10.0. The fourth-order valence-electron chi connectivity index (χ4n) is 9.26. The average Bonchev–Trinajstić information content (AvgIpc) is 3.06. The van der Waals surface area contributed by atoms with Gasteiger partial charge in [0.1, 0.15) is 0 Å². The molecule has 0 aromatic heterocycles. The Labute approximate surface area is 185 Å². The predicted octanol–water partition coefficient (Wildman–Crippen LogP) is 5.41. The molecule has 4 aliphatic carbocycles. The minimum Gasteiger partial charge on any atom is -0.396 e. The van der Waals surface area contributed by atoms with E-state index in [1.165, 1.54) is 38.5 Å². The summed E-state index contributed by atoms with van der Waals surface area (Å²) in [6.07, 6.45) is 12.5. The summed E-state index contributed by atoms with van der Waals surface area (Å²) in [4.78, 5) is 0. The fourth-order valence-corrected chi connectivity index (χ4v) is 9.26. The molecule has 4 saturated carbocycles. The molecule has 6 unspecified atom stereocenters. The van der Waals surface area contributed by atoms with E-state index in [0.717, 1.165) is 43.9 Å². The van der Waals surface area contributed by atoms with Crippen molar-refractivity contribution in [3.63, 3.8) is 0 Å². The molecule has 30 heavy (non-hydrogen) atoms. The highest BCUT2D eigenvalue weighted by Gasteiger charge is 2.62. The van der Waals surface area contributed by atoms with Crippen LogP contribution in [0.2, 0.25) is 0 Å². The van der Waals surface area contributed by atoms with Crippen molar-refractivity contribution in [2.75, 3.05) is 6.61 Å². The summed E-state index contributed by atoms with van der Waals surface area (Å²) in [6, 6.07) is 0. The third-order valence-electron chi connectivity index (χ3n) is 11.1. The molecule has 0 amide bonds. The van der Waals surface area contributed by atoms with Gasteiger partial charge in [-0.05, 0) is 110 Å². The molecule has 4 aliphatic rings. The van der Waals surface area contributed by atoms with Gasteiger partial charge in [-0.15, -0.1) is 0 Å². The second-order valence-electron chi connectivity index (χ2n) is 12.6. The number of rotatable bonds is 6. The summed E-state index contributed by atoms with van der Waals surface area (Å²) in [7, 11) is 0. The van der Waals surface area contributed by atoms with Crippen molar-refractivity contribution in [3.8, 4) is 0 Å². The maximum absolute atomic E-state index is 11.4. The Morgan fingerprint density at radius 2 is 1.57 bits per heavy atom. The van der Waals surface area contributed by atoms with Crippen molar-refractivity contribution < 1.29 is 15.3 Å². The Morgan fingerprint density at radius 1 is 0.867 bits per heavy atom. The van der Waals surface area contributed by atoms with E-state index < -0.39 is 0 Å². The standard InChI is InChI=1S/C27H48O3/c1-17(16-28)6-5-7-18(2)21-8-9-22-25-23(11-13-27(21,22)4)26(3)12-10-20(29)14-19(26)15-24(25)30/h17-25,28-30H,5-16H2,1-4H3/t17?,18-,19?,20-,21?,22?,23?,24-,25?,26+,27-/m1/s1. The minimum absolute atomic E-state index is 0.147. The molecule has 0 spiro atoms. The van der Waals surface area contributed by atoms with Crippen molar-refractivity contribution in [2.45, 2.75) is 111 Å². The summed E-state index contributed by atoms with van der Waals surface area (Å²) in [5.41, 5.74) is 0.718. The lowest BCUT2D eigenvalue weighted by Gasteiger charge is -2.62. The Morgan fingerprint density at radius 3 is 2.30 bits per heavy atom. The third-order valence-corrected chi connectivity index (χ3v) is 11.1. The van der Waals surface area contributed by atoms with Gasteiger partial charge in [0, 0.05) is 6.61 Å². The Kier molecular flexibility index (Phi) is 6.66. The van der Waals surface area contributed by atoms with Crippen LogP contribution in [0.1, 0.15) is 98.3 Å². The van der Waals surface area contributed by atoms with E-state index in [0.29, 0.717) is 47.0 Å². The Balaban J connectivity index is 1.47. The summed E-state index contributed by atoms with van der Waals surface area (Å²) in [5, 5.41) is 30.9. The highest BCUT2D eigenvalue weighted by atomic mass is 16.3. The second-order valence-corrected chi connectivity index (χ2v) is 12.6. The molecule has 0 radical (unpaired) electrons. The number of hydrogen-bond donors (Lipinski definition) is 3. The number of aliphatic hydroxyl groups excluding tert-OH is 3. The molecule has 3 nitrogen and oxygen atoms in total. The Bertz CT molecular complexity index is 593. The zero-order chi connectivity index (χ0) is 21.7. The molecular formula is C27H48O3. The van der Waals surface area contributed by atoms with Crippen LogP contribution in [0.15, 0.2) is 0 Å². The first-order valence-corrected chi connectivity index (χ1v) is 13.2. The van der Waals surface area contributed by atoms with Crippen LogP contribution < -0.4 is 0 Å². The molecular weight excluding hydrogens is 372 g/mol. The van der Waals surface area contributed by atoms with Gasteiger partial charge in [0.25, 0.3) is 0 Å². The molecule has 0 aliphatic heterocycles. The number of hydrogen-bond acceptors (Lipinski definition) is 3. The first-order valence-electron chi connectivity index (χ1n) is 13.2. The van der Waals surface area contributed by atoms with Crippen LogP contribution in [0.25, 0.3) is 0 Å². The lowest BCUT2D eigenvalue weighted by molar-refractivity contribution is -0.174. The minimum atomic E-state index is -0.164. The van der Waals surface area contributed by atoms with Gasteiger partial charge < -0.3 is 15.3 Å². The van der Waals surface area contributed by atoms with Crippen molar-refractivity contribution in [3.05, 3.63) is 0 Å². The van der Waals surface area contributed by atoms with Crippen LogP contribution in [0, 0.1) is 52.3 Å². The molecule has 11 atom stereocenters. The summed E-state index contributed by atoms with van der Waals surface area (Å²) >= 11 is 0. The van der Waals surface area contributed by atoms with E-state index in [1.807, 2.05) is 0 Å². The number of aliphatic hydroxyl groups is 3. The van der Waals surface area contributed by atoms with Gasteiger partial charge in [-0.25, -0.2) is 0 Å². The smallest absolute Gasteiger partial charge is 0.0577 e. The zero-order valence-electron chi connectivity index (χ0n) is 20.0. The molecule has 174 valence electrons. The van der Waals surface area contributed by atoms with Gasteiger partial charge in [-0.2, -0.15) is 0 Å². The quantitative estimate of drug-likeness (QED) is 0.538. The third kappa shape index (κ3) is 3.79. The Hall–Kier alpha value is -0.120. The van der Waals surface area contributed by atoms with E-state index in [2.05, 4.69) is 27.7 Å². The van der Waals surface area contributed by atoms with Crippen LogP contribution >= 0.6 is 0 Å². The van der Waals surface area contributed by atoms with Gasteiger partial charge in [0.05, 0.1) is 12.2 Å². The van der Waals surface area contributed by atoms with Crippen LogP contribution in [0.3, 0.4) is 0 Å². The van der Waals surface area contributed by atoms with E-state index in [1.54, 1.807) is 0 Å². The molecule has 0 heterocycles. The zero-order valence-corrected chi connectivity index (χ0v) is 20.0. The van der Waals surface area contributed by atoms with Gasteiger partial charge in [0.15, 0.2) is 0 Å². The van der Waals surface area contributed by atoms with Crippen LogP contribution in [-0.2, 0) is 0 Å². The molecule has 0 aromatic rings. The highest BCUT2D eigenvalue weighted by molar-refractivity contribution is 5.11. The summed E-state index contributed by atoms with van der Waals surface area (Å²) < 4.78 is 0. The molecule has 3 N–H and O–H groups in total. The normalized spacial score (nSPS) is 50.3. The van der Waals surface area contributed by atoms with Crippen molar-refractivity contribution in [1.29, 1.82) is 0 Å². The monoisotopic (exact) mass is 420 g/mol. The van der Waals surface area contributed by atoms with E-state index in [9.17, 15) is 15.3 Å². The largest absolute Gasteiger partial charge is 0.396 e. The number of fused-ring (bicyclic) bond motifs is 5. The highest BCUT2D eigenvalue weighted by Crippen LogP contribution is 2.68. The van der Waals surface area contributed by atoms with Crippen LogP contribution in [0.4, 0.5) is 0 Å². The van der Waals surface area contributed by atoms with E-state index >= 15 is 0 Å². The van der Waals surface area contributed by atoms with Crippen LogP contribution in [-0.4, -0.2) is 34.1 Å². The molecule has 0 bridgehead atoms. The topological polar surface area (TPSA) is 60.7 Å². The lowest BCUT2D eigenvalue weighted by atomic mass is 9.43. The molecule has 0 aromatic carbocycles. The first kappa shape index (κ1) is 23.1. The van der Waals surface area contributed by atoms with E-state index in [4.69, 9.17) is 0 Å². The van der Waals surface area contributed by atoms with Crippen LogP contribution in [0.5, 0.6) is 0 Å². The molecule has 4 fully saturated rings. The van der Waals surface area contributed by atoms with Gasteiger partial charge in [0.2, 0.25) is 0 Å². The van der Waals surface area contributed by atoms with E-state index in [-0.39, 0.29) is 12.2 Å². The first-order chi connectivity index (χ1) is 14.2. The SMILES string of the molecule is CC(CO)CCC[C@@H](C)C1CCC2C3C(CC[C@@]21C)[C@@]1(C)CC[C@@H](O)CC1C[C@H]3O. The van der Waals surface area contributed by atoms with Gasteiger partial charge in [-0.3, -0.25) is 0 Å². The molecule has 0 saturated heterocycles. The lowest BCUT2D eigenvalue weighted by Crippen LogP contribution is -2.58. The predicted molar refractivity (Wildman–Crippen MR) is 122 cm³/mol. The van der Waals surface area contributed by atoms with Gasteiger partial charge in [-0.1, -0.05) is 40.5 Å². The maximum Gasteiger partial charge on any atom is 0.0577 e.